The largest absolute Gasteiger partial charge is 0.342 e. The molecule has 0 spiro atoms. The van der Waals surface area contributed by atoms with Gasteiger partial charge in [-0.15, -0.1) is 0 Å². The summed E-state index contributed by atoms with van der Waals surface area (Å²) in [6, 6.07) is 4.82. The van der Waals surface area contributed by atoms with Crippen molar-refractivity contribution in [3.05, 3.63) is 35.9 Å². The van der Waals surface area contributed by atoms with Crippen LogP contribution in [0.4, 0.5) is 0 Å². The van der Waals surface area contributed by atoms with E-state index in [1.807, 2.05) is 85.7 Å². The average Bonchev–Trinajstić information content (AvgIpc) is 2.92. The lowest BCUT2D eigenvalue weighted by atomic mass is 9.96. The monoisotopic (exact) mass is 613 g/mol. The van der Waals surface area contributed by atoms with Gasteiger partial charge in [0.15, 0.2) is 0 Å². The fraction of sp³-hybridized carbons (Fsp3) is 0.676. The average molecular weight is 614 g/mol. The molecule has 1 fully saturated rings. The van der Waals surface area contributed by atoms with Crippen LogP contribution >= 0.6 is 0 Å². The molecule has 0 aliphatic carbocycles. The van der Waals surface area contributed by atoms with Crippen LogP contribution in [0.2, 0.25) is 0 Å². The minimum Gasteiger partial charge on any atom is -0.342 e. The van der Waals surface area contributed by atoms with Crippen LogP contribution in [0.5, 0.6) is 0 Å². The number of amides is 5. The Labute approximate surface area is 264 Å². The van der Waals surface area contributed by atoms with E-state index in [4.69, 9.17) is 0 Å². The molecule has 10 heteroatoms. The summed E-state index contributed by atoms with van der Waals surface area (Å²) >= 11 is 0. The second-order valence-corrected chi connectivity index (χ2v) is 13.9. The zero-order valence-corrected chi connectivity index (χ0v) is 28.3. The van der Waals surface area contributed by atoms with Crippen molar-refractivity contribution in [3.8, 4) is 0 Å². The SMILES string of the molecule is CC(C)C[C@@H]1C(=O)N[C@H](CC(C)C)C(=O)N(C)[C@H](C(C)C)C(=O)N[C@H](CC(C)C)C(=O)N[C@H](Cc2ccccc2)C(=O)N1C. The highest BCUT2D eigenvalue weighted by Crippen LogP contribution is 2.19. The molecule has 10 nitrogen and oxygen atoms in total. The predicted molar refractivity (Wildman–Crippen MR) is 172 cm³/mol. The summed E-state index contributed by atoms with van der Waals surface area (Å²) < 4.78 is 0. The molecule has 1 aliphatic heterocycles. The van der Waals surface area contributed by atoms with E-state index in [1.165, 1.54) is 9.80 Å². The second-order valence-electron chi connectivity index (χ2n) is 13.9. The number of hydrogen-bond acceptors (Lipinski definition) is 5. The fourth-order valence-electron chi connectivity index (χ4n) is 5.84. The molecule has 1 aromatic carbocycles. The van der Waals surface area contributed by atoms with Crippen LogP contribution in [-0.2, 0) is 30.4 Å². The van der Waals surface area contributed by atoms with Crippen LogP contribution in [0.15, 0.2) is 30.3 Å². The summed E-state index contributed by atoms with van der Waals surface area (Å²) in [4.78, 5) is 72.5. The highest BCUT2D eigenvalue weighted by Gasteiger charge is 2.40. The van der Waals surface area contributed by atoms with E-state index in [-0.39, 0.29) is 36.0 Å². The minimum absolute atomic E-state index is 0.0589. The topological polar surface area (TPSA) is 128 Å². The van der Waals surface area contributed by atoms with E-state index in [1.54, 1.807) is 14.1 Å². The first-order chi connectivity index (χ1) is 20.5. The molecular weight excluding hydrogens is 558 g/mol. The van der Waals surface area contributed by atoms with Crippen molar-refractivity contribution in [2.45, 2.75) is 111 Å². The van der Waals surface area contributed by atoms with Gasteiger partial charge in [0, 0.05) is 20.5 Å². The number of hydrogen-bond donors (Lipinski definition) is 3. The first-order valence-corrected chi connectivity index (χ1v) is 16.0. The maximum atomic E-state index is 14.1. The summed E-state index contributed by atoms with van der Waals surface area (Å²) in [5.74, 6) is -2.27. The molecule has 0 radical (unpaired) electrons. The van der Waals surface area contributed by atoms with E-state index in [2.05, 4.69) is 16.0 Å². The first-order valence-electron chi connectivity index (χ1n) is 16.0. The molecular formula is C34H55N5O5. The van der Waals surface area contributed by atoms with E-state index in [9.17, 15) is 24.0 Å². The predicted octanol–water partition coefficient (Wildman–Crippen LogP) is 3.15. The lowest BCUT2D eigenvalue weighted by Gasteiger charge is -2.35. The van der Waals surface area contributed by atoms with Gasteiger partial charge >= 0.3 is 0 Å². The number of benzene rings is 1. The minimum atomic E-state index is -0.981. The lowest BCUT2D eigenvalue weighted by Crippen LogP contribution is -2.59. The van der Waals surface area contributed by atoms with Gasteiger partial charge in [-0.2, -0.15) is 0 Å². The van der Waals surface area contributed by atoms with Gasteiger partial charge in [0.05, 0.1) is 0 Å². The quantitative estimate of drug-likeness (QED) is 0.394. The third-order valence-corrected chi connectivity index (χ3v) is 8.04. The van der Waals surface area contributed by atoms with Gasteiger partial charge in [-0.25, -0.2) is 0 Å². The van der Waals surface area contributed by atoms with Crippen LogP contribution in [0.3, 0.4) is 0 Å². The van der Waals surface area contributed by atoms with Gasteiger partial charge < -0.3 is 25.8 Å². The van der Waals surface area contributed by atoms with Crippen LogP contribution in [-0.4, -0.2) is 83.6 Å². The molecule has 0 unspecified atom stereocenters. The molecule has 1 aromatic rings. The Balaban J connectivity index is 2.71. The van der Waals surface area contributed by atoms with Crippen molar-refractivity contribution in [2.24, 2.45) is 23.7 Å². The van der Waals surface area contributed by atoms with Crippen LogP contribution in [0.25, 0.3) is 0 Å². The van der Waals surface area contributed by atoms with E-state index < -0.39 is 53.8 Å². The molecule has 1 heterocycles. The third kappa shape index (κ3) is 10.3. The summed E-state index contributed by atoms with van der Waals surface area (Å²) in [5, 5.41) is 8.77. The van der Waals surface area contributed by atoms with Crippen molar-refractivity contribution in [1.29, 1.82) is 0 Å². The summed E-state index contributed by atoms with van der Waals surface area (Å²) in [5.41, 5.74) is 0.843. The summed E-state index contributed by atoms with van der Waals surface area (Å²) in [6.45, 7) is 15.5. The fourth-order valence-corrected chi connectivity index (χ4v) is 5.84. The molecule has 246 valence electrons. The van der Waals surface area contributed by atoms with Crippen LogP contribution < -0.4 is 16.0 Å². The van der Waals surface area contributed by atoms with E-state index in [0.717, 1.165) is 5.56 Å². The number of carbonyl (C=O) groups excluding carboxylic acids is 5. The Morgan fingerprint density at radius 3 is 1.59 bits per heavy atom. The second kappa shape index (κ2) is 16.6. The van der Waals surface area contributed by atoms with Gasteiger partial charge in [-0.1, -0.05) is 85.7 Å². The zero-order valence-electron chi connectivity index (χ0n) is 28.3. The number of likely N-dealkylation sites (N-methyl/N-ethyl adjacent to an activating group) is 2. The van der Waals surface area contributed by atoms with Crippen molar-refractivity contribution in [2.75, 3.05) is 14.1 Å². The molecule has 5 atom stereocenters. The Morgan fingerprint density at radius 1 is 0.591 bits per heavy atom. The summed E-state index contributed by atoms with van der Waals surface area (Å²) in [6.07, 6.45) is 1.28. The van der Waals surface area contributed by atoms with Gasteiger partial charge in [0.2, 0.25) is 29.5 Å². The van der Waals surface area contributed by atoms with Crippen molar-refractivity contribution < 1.29 is 24.0 Å². The Bertz CT molecular complexity index is 1140. The maximum absolute atomic E-state index is 14.1. The highest BCUT2D eigenvalue weighted by molar-refractivity contribution is 5.98. The first kappa shape index (κ1) is 36.8. The number of rotatable bonds is 9. The number of nitrogens with zero attached hydrogens (tertiary/aromatic N) is 2. The molecule has 3 N–H and O–H groups in total. The van der Waals surface area contributed by atoms with E-state index in [0.29, 0.717) is 19.3 Å². The standard InChI is InChI=1S/C34H55N5O5/c1-20(2)16-25-30(40)36-27(19-24-14-12-11-13-15-24)33(43)38(9)28(18-22(5)6)31(41)37-26(17-21(3)4)34(44)39(10)29(23(7)8)32(42)35-25/h11-15,20-23,25-29H,16-19H2,1-10H3,(H,35,42)(H,36,40)(H,37,41)/t25-,26-,27-,28-,29-/m1/s1. The number of carbonyl (C=O) groups is 5. The van der Waals surface area contributed by atoms with Crippen LogP contribution in [0.1, 0.15) is 80.2 Å². The molecule has 1 aliphatic rings. The van der Waals surface area contributed by atoms with Gasteiger partial charge in [0.25, 0.3) is 0 Å². The highest BCUT2D eigenvalue weighted by atomic mass is 16.2. The van der Waals surface area contributed by atoms with Crippen molar-refractivity contribution >= 4 is 29.5 Å². The Hall–Kier alpha value is -3.43. The molecule has 1 saturated heterocycles. The van der Waals surface area contributed by atoms with Gasteiger partial charge in [0.1, 0.15) is 30.2 Å². The molecule has 2 rings (SSSR count). The van der Waals surface area contributed by atoms with Gasteiger partial charge in [-0.3, -0.25) is 24.0 Å². The van der Waals surface area contributed by atoms with E-state index >= 15 is 0 Å². The Morgan fingerprint density at radius 2 is 1.07 bits per heavy atom. The zero-order chi connectivity index (χ0) is 33.3. The molecule has 0 aromatic heterocycles. The van der Waals surface area contributed by atoms with Crippen molar-refractivity contribution in [3.63, 3.8) is 0 Å². The number of nitrogens with one attached hydrogen (secondary N) is 3. The van der Waals surface area contributed by atoms with Crippen LogP contribution in [0, 0.1) is 23.7 Å². The van der Waals surface area contributed by atoms with Gasteiger partial charge in [-0.05, 0) is 48.5 Å². The smallest absolute Gasteiger partial charge is 0.245 e. The summed E-state index contributed by atoms with van der Waals surface area (Å²) in [7, 11) is 3.14. The normalized spacial score (nSPS) is 24.9. The molecule has 5 amide bonds. The molecule has 44 heavy (non-hydrogen) atoms. The molecule has 0 saturated carbocycles. The Kier molecular flexibility index (Phi) is 13.9. The molecule has 0 bridgehead atoms. The van der Waals surface area contributed by atoms with Crippen molar-refractivity contribution in [1.82, 2.24) is 25.8 Å². The maximum Gasteiger partial charge on any atom is 0.245 e. The third-order valence-electron chi connectivity index (χ3n) is 8.04. The lowest BCUT2D eigenvalue weighted by molar-refractivity contribution is -0.145.